The number of aliphatic hydroxyl groups is 1. The quantitative estimate of drug-likeness (QED) is 0.894. The van der Waals surface area contributed by atoms with E-state index in [1.165, 1.54) is 28.4 Å². The fraction of sp³-hybridized carbons (Fsp3) is 0.769. The summed E-state index contributed by atoms with van der Waals surface area (Å²) < 4.78 is 0. The molecule has 1 saturated heterocycles. The molecule has 0 bridgehead atoms. The first-order valence-electron chi connectivity index (χ1n) is 6.66. The number of thioether (sulfide) groups is 1. The number of aryl methyl sites for hydroxylation is 2. The van der Waals surface area contributed by atoms with Crippen LogP contribution in [-0.4, -0.2) is 33.7 Å². The SMILES string of the molecule is Cc1nc2c(s1)C(NCC1(O)CCSC1)CCC2. The lowest BCUT2D eigenvalue weighted by Crippen LogP contribution is -2.42. The maximum Gasteiger partial charge on any atom is 0.0900 e. The Morgan fingerprint density at radius 1 is 1.56 bits per heavy atom. The van der Waals surface area contributed by atoms with Crippen LogP contribution in [0.5, 0.6) is 0 Å². The molecule has 1 fully saturated rings. The standard InChI is InChI=1S/C13H20N2OS2/c1-9-15-11-4-2-3-10(12(11)18-9)14-7-13(16)5-6-17-8-13/h10,14,16H,2-8H2,1H3. The van der Waals surface area contributed by atoms with Crippen LogP contribution in [0.4, 0.5) is 0 Å². The normalized spacial score (nSPS) is 31.6. The molecule has 1 aliphatic carbocycles. The third kappa shape index (κ3) is 2.59. The highest BCUT2D eigenvalue weighted by atomic mass is 32.2. The zero-order valence-corrected chi connectivity index (χ0v) is 12.4. The molecule has 2 heterocycles. The summed E-state index contributed by atoms with van der Waals surface area (Å²) in [6.45, 7) is 2.81. The minimum atomic E-state index is -0.484. The van der Waals surface area contributed by atoms with E-state index in [1.54, 1.807) is 0 Å². The van der Waals surface area contributed by atoms with Gasteiger partial charge in [-0.1, -0.05) is 0 Å². The molecular formula is C13H20N2OS2. The molecule has 0 spiro atoms. The summed E-state index contributed by atoms with van der Waals surface area (Å²) in [5, 5.41) is 15.1. The molecule has 5 heteroatoms. The van der Waals surface area contributed by atoms with Crippen LogP contribution in [0.2, 0.25) is 0 Å². The zero-order chi connectivity index (χ0) is 12.6. The minimum absolute atomic E-state index is 0.412. The van der Waals surface area contributed by atoms with Gasteiger partial charge in [-0.25, -0.2) is 4.98 Å². The molecule has 2 atom stereocenters. The first kappa shape index (κ1) is 12.9. The first-order chi connectivity index (χ1) is 8.66. The summed E-state index contributed by atoms with van der Waals surface area (Å²) >= 11 is 3.68. The predicted molar refractivity (Wildman–Crippen MR) is 77.4 cm³/mol. The number of hydrogen-bond acceptors (Lipinski definition) is 5. The lowest BCUT2D eigenvalue weighted by atomic mass is 9.96. The molecule has 0 aromatic carbocycles. The average molecular weight is 284 g/mol. The molecule has 1 aliphatic heterocycles. The third-order valence-electron chi connectivity index (χ3n) is 3.82. The number of fused-ring (bicyclic) bond motifs is 1. The van der Waals surface area contributed by atoms with Crippen molar-refractivity contribution in [3.63, 3.8) is 0 Å². The Kier molecular flexibility index (Phi) is 3.67. The number of hydrogen-bond donors (Lipinski definition) is 2. The third-order valence-corrected chi connectivity index (χ3v) is 6.18. The fourth-order valence-corrected chi connectivity index (χ4v) is 5.16. The van der Waals surface area contributed by atoms with Crippen LogP contribution in [0.1, 0.15) is 40.9 Å². The molecule has 0 radical (unpaired) electrons. The Morgan fingerprint density at radius 2 is 2.44 bits per heavy atom. The van der Waals surface area contributed by atoms with Crippen LogP contribution in [0, 0.1) is 6.92 Å². The number of aromatic nitrogens is 1. The van der Waals surface area contributed by atoms with Crippen molar-refractivity contribution in [1.82, 2.24) is 10.3 Å². The molecule has 1 aromatic rings. The molecule has 2 unspecified atom stereocenters. The predicted octanol–water partition coefficient (Wildman–Crippen LogP) is 2.29. The van der Waals surface area contributed by atoms with Crippen LogP contribution < -0.4 is 5.32 Å². The van der Waals surface area contributed by atoms with E-state index in [4.69, 9.17) is 0 Å². The van der Waals surface area contributed by atoms with Crippen molar-refractivity contribution in [1.29, 1.82) is 0 Å². The van der Waals surface area contributed by atoms with Crippen LogP contribution in [0.3, 0.4) is 0 Å². The van der Waals surface area contributed by atoms with E-state index < -0.39 is 5.60 Å². The van der Waals surface area contributed by atoms with E-state index in [-0.39, 0.29) is 0 Å². The number of nitrogens with zero attached hydrogens (tertiary/aromatic N) is 1. The summed E-state index contributed by atoms with van der Waals surface area (Å²) in [4.78, 5) is 6.02. The zero-order valence-electron chi connectivity index (χ0n) is 10.7. The van der Waals surface area contributed by atoms with Crippen LogP contribution in [0.15, 0.2) is 0 Å². The molecule has 0 saturated carbocycles. The first-order valence-corrected chi connectivity index (χ1v) is 8.63. The summed E-state index contributed by atoms with van der Waals surface area (Å²) in [5.74, 6) is 1.97. The molecule has 3 nitrogen and oxygen atoms in total. The number of thiazole rings is 1. The van der Waals surface area contributed by atoms with E-state index in [0.717, 1.165) is 30.9 Å². The maximum absolute atomic E-state index is 10.4. The molecule has 2 aliphatic rings. The van der Waals surface area contributed by atoms with Gasteiger partial charge in [-0.3, -0.25) is 0 Å². The van der Waals surface area contributed by atoms with Crippen molar-refractivity contribution in [2.75, 3.05) is 18.1 Å². The van der Waals surface area contributed by atoms with Crippen molar-refractivity contribution >= 4 is 23.1 Å². The second-order valence-electron chi connectivity index (χ2n) is 5.40. The van der Waals surface area contributed by atoms with Crippen LogP contribution in [0.25, 0.3) is 0 Å². The van der Waals surface area contributed by atoms with Gasteiger partial charge in [0.2, 0.25) is 0 Å². The van der Waals surface area contributed by atoms with Crippen molar-refractivity contribution in [3.05, 3.63) is 15.6 Å². The summed E-state index contributed by atoms with van der Waals surface area (Å²) in [6.07, 6.45) is 4.43. The van der Waals surface area contributed by atoms with Crippen molar-refractivity contribution in [2.45, 2.75) is 44.2 Å². The Labute approximate surface area is 116 Å². The van der Waals surface area contributed by atoms with E-state index >= 15 is 0 Å². The Bertz CT molecular complexity index is 427. The van der Waals surface area contributed by atoms with Gasteiger partial charge in [-0.15, -0.1) is 11.3 Å². The number of nitrogens with one attached hydrogen (secondary N) is 1. The van der Waals surface area contributed by atoms with Crippen molar-refractivity contribution in [3.8, 4) is 0 Å². The van der Waals surface area contributed by atoms with Crippen molar-refractivity contribution in [2.24, 2.45) is 0 Å². The highest BCUT2D eigenvalue weighted by Crippen LogP contribution is 2.35. The fourth-order valence-electron chi connectivity index (χ4n) is 2.79. The second-order valence-corrected chi connectivity index (χ2v) is 7.74. The van der Waals surface area contributed by atoms with Crippen LogP contribution in [-0.2, 0) is 6.42 Å². The van der Waals surface area contributed by atoms with E-state index in [2.05, 4.69) is 17.2 Å². The van der Waals surface area contributed by atoms with Gasteiger partial charge in [0.05, 0.1) is 16.3 Å². The van der Waals surface area contributed by atoms with Gasteiger partial charge < -0.3 is 10.4 Å². The summed E-state index contributed by atoms with van der Waals surface area (Å²) in [5.41, 5.74) is 0.802. The minimum Gasteiger partial charge on any atom is -0.388 e. The van der Waals surface area contributed by atoms with Gasteiger partial charge in [0.1, 0.15) is 0 Å². The van der Waals surface area contributed by atoms with Gasteiger partial charge >= 0.3 is 0 Å². The van der Waals surface area contributed by atoms with E-state index in [9.17, 15) is 5.11 Å². The van der Waals surface area contributed by atoms with Crippen molar-refractivity contribution < 1.29 is 5.11 Å². The van der Waals surface area contributed by atoms with Gasteiger partial charge in [0.25, 0.3) is 0 Å². The smallest absolute Gasteiger partial charge is 0.0900 e. The lowest BCUT2D eigenvalue weighted by Gasteiger charge is -2.28. The van der Waals surface area contributed by atoms with Gasteiger partial charge in [0.15, 0.2) is 0 Å². The molecule has 100 valence electrons. The number of rotatable bonds is 3. The Morgan fingerprint density at radius 3 is 3.22 bits per heavy atom. The average Bonchev–Trinajstić information content (AvgIpc) is 2.92. The Hall–Kier alpha value is -0.100. The van der Waals surface area contributed by atoms with Gasteiger partial charge in [-0.2, -0.15) is 11.8 Å². The molecular weight excluding hydrogens is 264 g/mol. The molecule has 1 aromatic heterocycles. The largest absolute Gasteiger partial charge is 0.388 e. The van der Waals surface area contributed by atoms with E-state index in [1.807, 2.05) is 23.1 Å². The molecule has 0 amide bonds. The lowest BCUT2D eigenvalue weighted by molar-refractivity contribution is 0.0639. The topological polar surface area (TPSA) is 45.2 Å². The summed E-state index contributed by atoms with van der Waals surface area (Å²) in [7, 11) is 0. The van der Waals surface area contributed by atoms with E-state index in [0.29, 0.717) is 6.04 Å². The monoisotopic (exact) mass is 284 g/mol. The van der Waals surface area contributed by atoms with Gasteiger partial charge in [-0.05, 0) is 38.4 Å². The van der Waals surface area contributed by atoms with Crippen LogP contribution >= 0.6 is 23.1 Å². The maximum atomic E-state index is 10.4. The highest BCUT2D eigenvalue weighted by Gasteiger charge is 2.33. The summed E-state index contributed by atoms with van der Waals surface area (Å²) in [6, 6.07) is 0.412. The Balaban J connectivity index is 1.67. The molecule has 3 rings (SSSR count). The van der Waals surface area contributed by atoms with Gasteiger partial charge in [0, 0.05) is 23.2 Å². The second kappa shape index (κ2) is 5.12. The molecule has 18 heavy (non-hydrogen) atoms. The molecule has 2 N–H and O–H groups in total. The highest BCUT2D eigenvalue weighted by molar-refractivity contribution is 7.99.